The van der Waals surface area contributed by atoms with Crippen LogP contribution in [0.1, 0.15) is 13.3 Å². The zero-order chi connectivity index (χ0) is 9.61. The van der Waals surface area contributed by atoms with Crippen LogP contribution in [0.3, 0.4) is 0 Å². The molecule has 0 saturated heterocycles. The number of hydrogen-bond donors (Lipinski definition) is 1. The first kappa shape index (κ1) is 11.0. The fourth-order valence-electron chi connectivity index (χ4n) is 0.635. The molecule has 0 aliphatic rings. The van der Waals surface area contributed by atoms with Crippen molar-refractivity contribution >= 4 is 6.09 Å². The molecule has 0 bridgehead atoms. The Balaban J connectivity index is 4.20. The normalized spacial score (nSPS) is 14.8. The van der Waals surface area contributed by atoms with E-state index < -0.39 is 10.7 Å². The molecule has 4 nitrogen and oxygen atoms in total. The van der Waals surface area contributed by atoms with Crippen molar-refractivity contribution < 1.29 is 19.4 Å². The zero-order valence-electron chi connectivity index (χ0n) is 7.41. The van der Waals surface area contributed by atoms with Gasteiger partial charge in [-0.3, -0.25) is 0 Å². The van der Waals surface area contributed by atoms with Crippen LogP contribution < -0.4 is 0 Å². The van der Waals surface area contributed by atoms with Gasteiger partial charge in [0, 0.05) is 0 Å². The maximum Gasteiger partial charge on any atom is 0.547 e. The van der Waals surface area contributed by atoms with Crippen molar-refractivity contribution in [3.63, 3.8) is 0 Å². The first-order valence-corrected chi connectivity index (χ1v) is 3.74. The number of quaternary nitrogens is 1. The Labute approximate surface area is 72.3 Å². The number of carboxylic acid groups (broad SMARTS) is 1. The molecule has 0 aliphatic carbocycles. The lowest BCUT2D eigenvalue weighted by atomic mass is 10.5. The summed E-state index contributed by atoms with van der Waals surface area (Å²) in [7, 11) is 1.43. The molecule has 1 unspecified atom stereocenters. The molecule has 0 fully saturated rings. The van der Waals surface area contributed by atoms with E-state index in [1.165, 1.54) is 7.05 Å². The highest BCUT2D eigenvalue weighted by Crippen LogP contribution is 2.04. The third-order valence-electron chi connectivity index (χ3n) is 1.38. The maximum atomic E-state index is 10.7. The van der Waals surface area contributed by atoms with Crippen molar-refractivity contribution in [3.8, 4) is 12.3 Å². The van der Waals surface area contributed by atoms with Gasteiger partial charge in [0.1, 0.15) is 13.7 Å². The van der Waals surface area contributed by atoms with Gasteiger partial charge in [0.2, 0.25) is 0 Å². The molecule has 0 aromatic rings. The van der Waals surface area contributed by atoms with Gasteiger partial charge in [-0.05, 0) is 12.3 Å². The molecule has 1 N–H and O–H groups in total. The molecule has 4 heteroatoms. The van der Waals surface area contributed by atoms with Crippen LogP contribution in [0.15, 0.2) is 0 Å². The molecule has 1 amide bonds. The van der Waals surface area contributed by atoms with E-state index in [4.69, 9.17) is 16.4 Å². The quantitative estimate of drug-likeness (QED) is 0.392. The topological polar surface area (TPSA) is 46.5 Å². The second-order valence-electron chi connectivity index (χ2n) is 2.58. The van der Waals surface area contributed by atoms with Gasteiger partial charge >= 0.3 is 6.09 Å². The predicted molar refractivity (Wildman–Crippen MR) is 44.2 cm³/mol. The van der Waals surface area contributed by atoms with E-state index in [2.05, 4.69) is 5.92 Å². The molecule has 0 spiro atoms. The van der Waals surface area contributed by atoms with Crippen LogP contribution in [-0.4, -0.2) is 36.0 Å². The number of amides is 1. The van der Waals surface area contributed by atoms with E-state index in [9.17, 15) is 4.79 Å². The number of carbonyl (C=O) groups is 1. The van der Waals surface area contributed by atoms with Gasteiger partial charge in [-0.1, -0.05) is 11.6 Å². The van der Waals surface area contributed by atoms with Crippen LogP contribution in [0.5, 0.6) is 0 Å². The Morgan fingerprint density at radius 3 is 2.67 bits per heavy atom. The van der Waals surface area contributed by atoms with Gasteiger partial charge in [0.15, 0.2) is 6.54 Å². The first-order chi connectivity index (χ1) is 5.56. The fourth-order valence-corrected chi connectivity index (χ4v) is 0.635. The van der Waals surface area contributed by atoms with Crippen LogP contribution in [0, 0.1) is 12.3 Å². The molecule has 68 valence electrons. The second-order valence-corrected chi connectivity index (χ2v) is 2.58. The summed E-state index contributed by atoms with van der Waals surface area (Å²) in [6.45, 7) is 2.34. The summed E-state index contributed by atoms with van der Waals surface area (Å²) in [5.41, 5.74) is 0. The van der Waals surface area contributed by atoms with Crippen molar-refractivity contribution in [2.45, 2.75) is 13.3 Å². The van der Waals surface area contributed by atoms with Crippen LogP contribution in [-0.2, 0) is 4.84 Å². The third-order valence-corrected chi connectivity index (χ3v) is 1.38. The smallest absolute Gasteiger partial charge is 0.433 e. The van der Waals surface area contributed by atoms with E-state index in [0.29, 0.717) is 6.61 Å². The summed E-state index contributed by atoms with van der Waals surface area (Å²) in [5.74, 6) is 2.26. The number of hydroxylamine groups is 3. The fraction of sp³-hybridized carbons (Fsp3) is 0.625. The highest BCUT2D eigenvalue weighted by atomic mass is 16.7. The van der Waals surface area contributed by atoms with Crippen LogP contribution >= 0.6 is 0 Å². The SMILES string of the molecule is C#CC[N+](C)(OCCC)C(=O)O. The van der Waals surface area contributed by atoms with Crippen LogP contribution in [0.25, 0.3) is 0 Å². The summed E-state index contributed by atoms with van der Waals surface area (Å²) < 4.78 is -0.565. The molecule has 0 aromatic carbocycles. The molecular formula is C8H14NO3+. The highest BCUT2D eigenvalue weighted by molar-refractivity contribution is 5.55. The molecular weight excluding hydrogens is 158 g/mol. The summed E-state index contributed by atoms with van der Waals surface area (Å²) in [6, 6.07) is 0. The number of hydrogen-bond acceptors (Lipinski definition) is 2. The van der Waals surface area contributed by atoms with Gasteiger partial charge in [-0.25, -0.2) is 0 Å². The number of terminal acetylenes is 1. The highest BCUT2D eigenvalue weighted by Gasteiger charge is 2.32. The van der Waals surface area contributed by atoms with Crippen molar-refractivity contribution in [1.29, 1.82) is 0 Å². The van der Waals surface area contributed by atoms with E-state index in [0.717, 1.165) is 6.42 Å². The van der Waals surface area contributed by atoms with Gasteiger partial charge in [-0.15, -0.1) is 6.42 Å². The van der Waals surface area contributed by atoms with Crippen molar-refractivity contribution in [2.75, 3.05) is 20.2 Å². The Bertz CT molecular complexity index is 197. The Morgan fingerprint density at radius 2 is 2.33 bits per heavy atom. The minimum absolute atomic E-state index is 0.0370. The number of rotatable bonds is 4. The monoisotopic (exact) mass is 172 g/mol. The van der Waals surface area contributed by atoms with Crippen molar-refractivity contribution in [3.05, 3.63) is 0 Å². The van der Waals surface area contributed by atoms with Crippen LogP contribution in [0.4, 0.5) is 4.79 Å². The Morgan fingerprint density at radius 1 is 1.75 bits per heavy atom. The predicted octanol–water partition coefficient (Wildman–Crippen LogP) is 1.09. The van der Waals surface area contributed by atoms with Gasteiger partial charge in [-0.2, -0.15) is 9.63 Å². The molecule has 0 aromatic heterocycles. The molecule has 0 saturated carbocycles. The van der Waals surface area contributed by atoms with Crippen LogP contribution in [0.2, 0.25) is 0 Å². The minimum atomic E-state index is -1.07. The van der Waals surface area contributed by atoms with E-state index in [1.54, 1.807) is 0 Å². The molecule has 1 atom stereocenters. The lowest BCUT2D eigenvalue weighted by Crippen LogP contribution is -2.48. The third kappa shape index (κ3) is 2.91. The lowest BCUT2D eigenvalue weighted by Gasteiger charge is -2.22. The summed E-state index contributed by atoms with van der Waals surface area (Å²) >= 11 is 0. The van der Waals surface area contributed by atoms with Gasteiger partial charge < -0.3 is 5.11 Å². The Hall–Kier alpha value is -1.05. The summed E-state index contributed by atoms with van der Waals surface area (Å²) in [6.07, 6.45) is 4.72. The molecule has 0 radical (unpaired) electrons. The van der Waals surface area contributed by atoms with Crippen molar-refractivity contribution in [1.82, 2.24) is 0 Å². The summed E-state index contributed by atoms with van der Waals surface area (Å²) in [4.78, 5) is 15.7. The standard InChI is InChI=1S/C8H13NO3/c1-4-6-9(3,8(10)11)12-7-5-2/h1H,5-7H2,2-3H3/p+1. The lowest BCUT2D eigenvalue weighted by molar-refractivity contribution is -1.03. The molecule has 0 rings (SSSR count). The maximum absolute atomic E-state index is 10.7. The van der Waals surface area contributed by atoms with Gasteiger partial charge in [0.25, 0.3) is 0 Å². The zero-order valence-corrected chi connectivity index (χ0v) is 7.41. The van der Waals surface area contributed by atoms with E-state index in [1.807, 2.05) is 6.92 Å². The average molecular weight is 172 g/mol. The van der Waals surface area contributed by atoms with Gasteiger partial charge in [0.05, 0.1) is 0 Å². The largest absolute Gasteiger partial charge is 0.547 e. The molecule has 12 heavy (non-hydrogen) atoms. The molecule has 0 aliphatic heterocycles. The van der Waals surface area contributed by atoms with E-state index in [-0.39, 0.29) is 6.54 Å². The van der Waals surface area contributed by atoms with E-state index >= 15 is 0 Å². The second kappa shape index (κ2) is 4.75. The average Bonchev–Trinajstić information content (AvgIpc) is 2.01. The minimum Gasteiger partial charge on any atom is -0.433 e. The Kier molecular flexibility index (Phi) is 4.34. The van der Waals surface area contributed by atoms with Crippen molar-refractivity contribution in [2.24, 2.45) is 0 Å². The molecule has 0 heterocycles. The number of nitrogens with zero attached hydrogens (tertiary/aromatic N) is 1. The first-order valence-electron chi connectivity index (χ1n) is 3.74. The summed E-state index contributed by atoms with van der Waals surface area (Å²) in [5, 5.41) is 8.74.